The third-order valence-electron chi connectivity index (χ3n) is 1.09. The van der Waals surface area contributed by atoms with Crippen LogP contribution in [-0.2, 0) is 11.3 Å². The Morgan fingerprint density at radius 3 is 3.00 bits per heavy atom. The number of nitrogens with two attached hydrogens (primary N) is 1. The number of amides is 1. The molecule has 0 aliphatic rings. The minimum Gasteiger partial charge on any atom is -0.443 e. The van der Waals surface area contributed by atoms with Gasteiger partial charge < -0.3 is 10.5 Å². The van der Waals surface area contributed by atoms with Crippen molar-refractivity contribution in [2.75, 3.05) is 0 Å². The fourth-order valence-electron chi connectivity index (χ4n) is 0.629. The summed E-state index contributed by atoms with van der Waals surface area (Å²) in [7, 11) is 0. The molecule has 1 aromatic heterocycles. The van der Waals surface area contributed by atoms with Gasteiger partial charge in [0.25, 0.3) is 0 Å². The number of carbonyl (C=O) groups excluding carboxylic acids is 1. The van der Waals surface area contributed by atoms with Gasteiger partial charge >= 0.3 is 6.09 Å². The first-order valence-corrected chi connectivity index (χ1v) is 3.11. The van der Waals surface area contributed by atoms with Crippen LogP contribution in [0.15, 0.2) is 24.4 Å². The highest BCUT2D eigenvalue weighted by molar-refractivity contribution is 5.64. The Morgan fingerprint density at radius 1 is 1.64 bits per heavy atom. The van der Waals surface area contributed by atoms with Gasteiger partial charge in [0, 0.05) is 6.20 Å². The number of hydrogen-bond donors (Lipinski definition) is 1. The van der Waals surface area contributed by atoms with Crippen molar-refractivity contribution < 1.29 is 9.53 Å². The number of ether oxygens (including phenoxy) is 1. The largest absolute Gasteiger partial charge is 0.443 e. The Bertz CT molecular complexity index is 235. The van der Waals surface area contributed by atoms with Crippen LogP contribution >= 0.6 is 0 Å². The maximum absolute atomic E-state index is 10.1. The van der Waals surface area contributed by atoms with Crippen molar-refractivity contribution in [3.8, 4) is 0 Å². The summed E-state index contributed by atoms with van der Waals surface area (Å²) in [6.07, 6.45) is 0.843. The van der Waals surface area contributed by atoms with Crippen molar-refractivity contribution in [3.63, 3.8) is 0 Å². The lowest BCUT2D eigenvalue weighted by molar-refractivity contribution is 0.149. The van der Waals surface area contributed by atoms with E-state index in [0.717, 1.165) is 0 Å². The van der Waals surface area contributed by atoms with Crippen LogP contribution in [0.25, 0.3) is 0 Å². The molecule has 2 N–H and O–H groups in total. The number of aromatic nitrogens is 1. The molecule has 4 nitrogen and oxygen atoms in total. The Kier molecular flexibility index (Phi) is 2.43. The molecule has 11 heavy (non-hydrogen) atoms. The van der Waals surface area contributed by atoms with Crippen molar-refractivity contribution in [2.45, 2.75) is 6.61 Å². The zero-order valence-corrected chi connectivity index (χ0v) is 5.86. The van der Waals surface area contributed by atoms with Crippen LogP contribution in [0.5, 0.6) is 0 Å². The Labute approximate surface area is 64.0 Å². The van der Waals surface area contributed by atoms with E-state index in [1.54, 1.807) is 18.3 Å². The van der Waals surface area contributed by atoms with Crippen molar-refractivity contribution >= 4 is 6.09 Å². The molecule has 0 aromatic carbocycles. The lowest BCUT2D eigenvalue weighted by Crippen LogP contribution is -2.12. The lowest BCUT2D eigenvalue weighted by Gasteiger charge is -1.98. The summed E-state index contributed by atoms with van der Waals surface area (Å²) < 4.78 is 4.50. The highest BCUT2D eigenvalue weighted by Crippen LogP contribution is 1.94. The SMILES string of the molecule is NC(=O)OCc1ccccn1. The minimum absolute atomic E-state index is 0.135. The van der Waals surface area contributed by atoms with Gasteiger partial charge in [-0.2, -0.15) is 0 Å². The molecule has 0 bridgehead atoms. The van der Waals surface area contributed by atoms with E-state index in [2.05, 4.69) is 9.72 Å². The standard InChI is InChI=1S/C7H8N2O2/c8-7(10)11-5-6-3-1-2-4-9-6/h1-4H,5H2,(H2,8,10). The molecule has 0 aliphatic heterocycles. The van der Waals surface area contributed by atoms with E-state index in [1.807, 2.05) is 6.07 Å². The fourth-order valence-corrected chi connectivity index (χ4v) is 0.629. The van der Waals surface area contributed by atoms with E-state index in [4.69, 9.17) is 5.73 Å². The number of rotatable bonds is 2. The summed E-state index contributed by atoms with van der Waals surface area (Å²) in [5, 5.41) is 0. The van der Waals surface area contributed by atoms with E-state index in [-0.39, 0.29) is 6.61 Å². The quantitative estimate of drug-likeness (QED) is 0.677. The van der Waals surface area contributed by atoms with Gasteiger partial charge in [-0.1, -0.05) is 6.07 Å². The second kappa shape index (κ2) is 3.55. The molecule has 1 amide bonds. The van der Waals surface area contributed by atoms with Crippen molar-refractivity contribution in [1.82, 2.24) is 4.98 Å². The predicted molar refractivity (Wildman–Crippen MR) is 38.6 cm³/mol. The molecule has 0 saturated carbocycles. The molecular weight excluding hydrogens is 144 g/mol. The monoisotopic (exact) mass is 152 g/mol. The molecule has 0 saturated heterocycles. The van der Waals surface area contributed by atoms with Crippen LogP contribution in [0, 0.1) is 0 Å². The third kappa shape index (κ3) is 2.66. The van der Waals surface area contributed by atoms with Gasteiger partial charge in [0.05, 0.1) is 5.69 Å². The highest BCUT2D eigenvalue weighted by atomic mass is 16.5. The first-order chi connectivity index (χ1) is 5.29. The molecule has 0 aliphatic carbocycles. The van der Waals surface area contributed by atoms with E-state index in [0.29, 0.717) is 5.69 Å². The summed E-state index contributed by atoms with van der Waals surface area (Å²) >= 11 is 0. The molecule has 0 radical (unpaired) electrons. The topological polar surface area (TPSA) is 65.2 Å². The Hall–Kier alpha value is -1.58. The second-order valence-corrected chi connectivity index (χ2v) is 1.93. The fraction of sp³-hybridized carbons (Fsp3) is 0.143. The van der Waals surface area contributed by atoms with Gasteiger partial charge in [-0.25, -0.2) is 4.79 Å². The second-order valence-electron chi connectivity index (χ2n) is 1.93. The van der Waals surface area contributed by atoms with Gasteiger partial charge in [0.2, 0.25) is 0 Å². The zero-order valence-electron chi connectivity index (χ0n) is 5.86. The van der Waals surface area contributed by atoms with Crippen molar-refractivity contribution in [1.29, 1.82) is 0 Å². The van der Waals surface area contributed by atoms with Crippen LogP contribution in [0.4, 0.5) is 4.79 Å². The molecule has 4 heteroatoms. The number of hydrogen-bond acceptors (Lipinski definition) is 3. The van der Waals surface area contributed by atoms with Crippen LogP contribution in [0.2, 0.25) is 0 Å². The molecule has 1 rings (SSSR count). The van der Waals surface area contributed by atoms with E-state index in [1.165, 1.54) is 0 Å². The van der Waals surface area contributed by atoms with Crippen molar-refractivity contribution in [3.05, 3.63) is 30.1 Å². The van der Waals surface area contributed by atoms with Crippen LogP contribution in [0.1, 0.15) is 5.69 Å². The minimum atomic E-state index is -0.782. The van der Waals surface area contributed by atoms with Crippen LogP contribution in [0.3, 0.4) is 0 Å². The van der Waals surface area contributed by atoms with Crippen LogP contribution in [-0.4, -0.2) is 11.1 Å². The maximum atomic E-state index is 10.1. The Balaban J connectivity index is 2.45. The van der Waals surface area contributed by atoms with Gasteiger partial charge in [0.15, 0.2) is 0 Å². The lowest BCUT2D eigenvalue weighted by atomic mass is 10.4. The summed E-state index contributed by atoms with van der Waals surface area (Å²) in [6, 6.07) is 5.35. The number of pyridine rings is 1. The number of carbonyl (C=O) groups is 1. The van der Waals surface area contributed by atoms with E-state index >= 15 is 0 Å². The number of nitrogens with zero attached hydrogens (tertiary/aromatic N) is 1. The maximum Gasteiger partial charge on any atom is 0.404 e. The Morgan fingerprint density at radius 2 is 2.45 bits per heavy atom. The molecule has 0 spiro atoms. The third-order valence-corrected chi connectivity index (χ3v) is 1.09. The molecule has 58 valence electrons. The average molecular weight is 152 g/mol. The summed E-state index contributed by atoms with van der Waals surface area (Å²) in [5.41, 5.74) is 5.44. The number of primary amides is 1. The normalized spacial score (nSPS) is 9.09. The molecule has 1 heterocycles. The van der Waals surface area contributed by atoms with Gasteiger partial charge in [-0.3, -0.25) is 4.98 Å². The first kappa shape index (κ1) is 7.53. The van der Waals surface area contributed by atoms with Gasteiger partial charge in [-0.05, 0) is 12.1 Å². The zero-order chi connectivity index (χ0) is 8.10. The van der Waals surface area contributed by atoms with Gasteiger partial charge in [0.1, 0.15) is 6.61 Å². The first-order valence-electron chi connectivity index (χ1n) is 3.11. The van der Waals surface area contributed by atoms with E-state index in [9.17, 15) is 4.79 Å². The molecule has 0 fully saturated rings. The van der Waals surface area contributed by atoms with Crippen LogP contribution < -0.4 is 5.73 Å². The van der Waals surface area contributed by atoms with Gasteiger partial charge in [-0.15, -0.1) is 0 Å². The smallest absolute Gasteiger partial charge is 0.404 e. The summed E-state index contributed by atoms with van der Waals surface area (Å²) in [6.45, 7) is 0.135. The molecule has 0 unspecified atom stereocenters. The molecule has 1 aromatic rings. The predicted octanol–water partition coefficient (Wildman–Crippen LogP) is 0.677. The summed E-state index contributed by atoms with van der Waals surface area (Å²) in [5.74, 6) is 0. The van der Waals surface area contributed by atoms with E-state index < -0.39 is 6.09 Å². The molecular formula is C7H8N2O2. The van der Waals surface area contributed by atoms with Crippen molar-refractivity contribution in [2.24, 2.45) is 5.73 Å². The highest BCUT2D eigenvalue weighted by Gasteiger charge is 1.95. The summed E-state index contributed by atoms with van der Waals surface area (Å²) in [4.78, 5) is 14.1. The average Bonchev–Trinajstić information content (AvgIpc) is 2.03. The molecule has 0 atom stereocenters.